The van der Waals surface area contributed by atoms with Gasteiger partial charge in [0.25, 0.3) is 0 Å². The van der Waals surface area contributed by atoms with Crippen molar-refractivity contribution >= 4 is 35.6 Å². The Kier molecular flexibility index (Phi) is 7.33. The highest BCUT2D eigenvalue weighted by Gasteiger charge is 2.12. The zero-order valence-electron chi connectivity index (χ0n) is 14.0. The summed E-state index contributed by atoms with van der Waals surface area (Å²) in [5.41, 5.74) is 3.23. The summed E-state index contributed by atoms with van der Waals surface area (Å²) < 4.78 is 5.04. The average Bonchev–Trinajstić information content (AvgIpc) is 2.66. The van der Waals surface area contributed by atoms with E-state index in [-0.39, 0.29) is 12.3 Å². The predicted octanol–water partition coefficient (Wildman–Crippen LogP) is 0.235. The molecule has 0 heterocycles. The Labute approximate surface area is 159 Å². The van der Waals surface area contributed by atoms with E-state index >= 15 is 0 Å². The van der Waals surface area contributed by atoms with E-state index < -0.39 is 24.4 Å². The van der Waals surface area contributed by atoms with Gasteiger partial charge in [-0.25, -0.2) is 5.43 Å². The molecule has 0 aliphatic heterocycles. The topological polar surface area (TPSA) is 120 Å². The minimum atomic E-state index is -1.39. The number of carbonyl (C=O) groups excluding carboxylic acids is 3. The molecule has 2 N–H and O–H groups in total. The molecule has 0 aliphatic rings. The molecule has 0 saturated heterocycles. The lowest BCUT2D eigenvalue weighted by atomic mass is 10.2. The van der Waals surface area contributed by atoms with E-state index in [0.717, 1.165) is 5.56 Å². The van der Waals surface area contributed by atoms with Crippen LogP contribution in [0.1, 0.15) is 11.1 Å². The second kappa shape index (κ2) is 9.93. The Bertz CT molecular complexity index is 855. The van der Waals surface area contributed by atoms with Gasteiger partial charge in [-0.1, -0.05) is 41.9 Å². The smallest absolute Gasteiger partial charge is 0.329 e. The van der Waals surface area contributed by atoms with E-state index in [1.165, 1.54) is 24.4 Å². The first-order valence-corrected chi connectivity index (χ1v) is 8.11. The van der Waals surface area contributed by atoms with Crippen LogP contribution >= 0.6 is 11.6 Å². The van der Waals surface area contributed by atoms with Crippen LogP contribution in [-0.2, 0) is 20.9 Å². The van der Waals surface area contributed by atoms with Crippen LogP contribution in [0.2, 0.25) is 5.02 Å². The summed E-state index contributed by atoms with van der Waals surface area (Å²) in [7, 11) is 0. The van der Waals surface area contributed by atoms with E-state index in [1.54, 1.807) is 0 Å². The second-order valence-electron chi connectivity index (χ2n) is 5.21. The number of carbonyl (C=O) groups is 3. The van der Waals surface area contributed by atoms with Gasteiger partial charge < -0.3 is 20.0 Å². The number of aliphatic carboxylic acids is 1. The maximum Gasteiger partial charge on any atom is 0.329 e. The zero-order chi connectivity index (χ0) is 19.6. The maximum atomic E-state index is 11.7. The predicted molar refractivity (Wildman–Crippen MR) is 96.0 cm³/mol. The molecular weight excluding hydrogens is 374 g/mol. The third-order valence-corrected chi connectivity index (χ3v) is 3.42. The SMILES string of the molecule is O=C([O-])COc1ccc(Cl)cc1/C=N\NC(=O)C(=O)NCc1ccccc1. The molecule has 0 radical (unpaired) electrons. The van der Waals surface area contributed by atoms with Crippen molar-refractivity contribution in [2.45, 2.75) is 6.54 Å². The Morgan fingerprint density at radius 1 is 1.11 bits per heavy atom. The molecule has 0 atom stereocenters. The number of hydrogen-bond donors (Lipinski definition) is 2. The van der Waals surface area contributed by atoms with Gasteiger partial charge in [0.05, 0.1) is 12.2 Å². The molecule has 2 amide bonds. The highest BCUT2D eigenvalue weighted by atomic mass is 35.5. The number of benzene rings is 2. The Balaban J connectivity index is 1.91. The van der Waals surface area contributed by atoms with Crippen LogP contribution in [0.5, 0.6) is 5.75 Å². The van der Waals surface area contributed by atoms with Crippen molar-refractivity contribution in [2.24, 2.45) is 5.10 Å². The fourth-order valence-corrected chi connectivity index (χ4v) is 2.14. The summed E-state index contributed by atoms with van der Waals surface area (Å²) >= 11 is 5.87. The van der Waals surface area contributed by atoms with Gasteiger partial charge in [0.1, 0.15) is 12.4 Å². The largest absolute Gasteiger partial charge is 0.546 e. The van der Waals surface area contributed by atoms with Crippen LogP contribution in [0.3, 0.4) is 0 Å². The number of carboxylic acids is 1. The Hall–Kier alpha value is -3.39. The number of amides is 2. The number of ether oxygens (including phenoxy) is 1. The Morgan fingerprint density at radius 2 is 1.85 bits per heavy atom. The molecule has 9 heteroatoms. The molecule has 0 spiro atoms. The monoisotopic (exact) mass is 388 g/mol. The van der Waals surface area contributed by atoms with Gasteiger partial charge in [-0.3, -0.25) is 9.59 Å². The fraction of sp³-hybridized carbons (Fsp3) is 0.111. The molecule has 27 heavy (non-hydrogen) atoms. The first-order chi connectivity index (χ1) is 13.0. The van der Waals surface area contributed by atoms with E-state index in [0.29, 0.717) is 10.6 Å². The molecule has 140 valence electrons. The number of nitrogens with one attached hydrogen (secondary N) is 2. The summed E-state index contributed by atoms with van der Waals surface area (Å²) in [5.74, 6) is -3.02. The first kappa shape index (κ1) is 19.9. The summed E-state index contributed by atoms with van der Waals surface area (Å²) in [4.78, 5) is 34.0. The molecule has 2 aromatic rings. The Morgan fingerprint density at radius 3 is 2.56 bits per heavy atom. The lowest BCUT2D eigenvalue weighted by molar-refractivity contribution is -0.307. The third kappa shape index (κ3) is 6.79. The van der Waals surface area contributed by atoms with Crippen molar-refractivity contribution in [2.75, 3.05) is 6.61 Å². The third-order valence-electron chi connectivity index (χ3n) is 3.19. The summed E-state index contributed by atoms with van der Waals surface area (Å²) in [6.07, 6.45) is 1.18. The standard InChI is InChI=1S/C18H16ClN3O5/c19-14-6-7-15(27-11-16(23)24)13(8-14)10-21-22-18(26)17(25)20-9-12-4-2-1-3-5-12/h1-8,10H,9,11H2,(H,20,25)(H,22,26)(H,23,24)/p-1/b21-10-. The van der Waals surface area contributed by atoms with Crippen LogP contribution in [0.4, 0.5) is 0 Å². The lowest BCUT2D eigenvalue weighted by Gasteiger charge is -2.09. The molecule has 0 aliphatic carbocycles. The van der Waals surface area contributed by atoms with Gasteiger partial charge >= 0.3 is 11.8 Å². The maximum absolute atomic E-state index is 11.7. The highest BCUT2D eigenvalue weighted by Crippen LogP contribution is 2.21. The summed E-state index contributed by atoms with van der Waals surface area (Å²) in [6, 6.07) is 13.5. The molecule has 0 bridgehead atoms. The van der Waals surface area contributed by atoms with E-state index in [1.807, 2.05) is 30.3 Å². The van der Waals surface area contributed by atoms with Crippen LogP contribution in [0.15, 0.2) is 53.6 Å². The summed E-state index contributed by atoms with van der Waals surface area (Å²) in [5, 5.41) is 17.0. The van der Waals surface area contributed by atoms with Gasteiger partial charge in [0.2, 0.25) is 0 Å². The number of rotatable bonds is 7. The number of halogens is 1. The molecule has 0 aromatic heterocycles. The molecule has 2 rings (SSSR count). The van der Waals surface area contributed by atoms with Crippen molar-refractivity contribution in [3.63, 3.8) is 0 Å². The summed E-state index contributed by atoms with van der Waals surface area (Å²) in [6.45, 7) is -0.455. The van der Waals surface area contributed by atoms with Crippen molar-refractivity contribution in [3.8, 4) is 5.75 Å². The second-order valence-corrected chi connectivity index (χ2v) is 5.65. The highest BCUT2D eigenvalue weighted by molar-refractivity contribution is 6.35. The molecule has 8 nitrogen and oxygen atoms in total. The first-order valence-electron chi connectivity index (χ1n) is 7.73. The van der Waals surface area contributed by atoms with E-state index in [9.17, 15) is 19.5 Å². The van der Waals surface area contributed by atoms with Crippen LogP contribution in [0, 0.1) is 0 Å². The van der Waals surface area contributed by atoms with Crippen LogP contribution in [-0.4, -0.2) is 30.6 Å². The molecular formula is C18H15ClN3O5-. The minimum Gasteiger partial charge on any atom is -0.546 e. The number of hydrazone groups is 1. The molecule has 0 unspecified atom stereocenters. The number of hydrogen-bond acceptors (Lipinski definition) is 6. The van der Waals surface area contributed by atoms with Crippen molar-refractivity contribution in [1.29, 1.82) is 0 Å². The minimum absolute atomic E-state index is 0.176. The van der Waals surface area contributed by atoms with Gasteiger partial charge in [-0.05, 0) is 23.8 Å². The lowest BCUT2D eigenvalue weighted by Crippen LogP contribution is -2.37. The average molecular weight is 389 g/mol. The van der Waals surface area contributed by atoms with Gasteiger partial charge in [-0.15, -0.1) is 0 Å². The van der Waals surface area contributed by atoms with E-state index in [4.69, 9.17) is 16.3 Å². The number of nitrogens with zero attached hydrogens (tertiary/aromatic N) is 1. The molecule has 2 aromatic carbocycles. The van der Waals surface area contributed by atoms with Gasteiger partial charge in [-0.2, -0.15) is 5.10 Å². The fourth-order valence-electron chi connectivity index (χ4n) is 1.96. The van der Waals surface area contributed by atoms with Gasteiger partial charge in [0.15, 0.2) is 0 Å². The van der Waals surface area contributed by atoms with E-state index in [2.05, 4.69) is 15.8 Å². The normalized spacial score (nSPS) is 10.4. The van der Waals surface area contributed by atoms with Gasteiger partial charge in [0, 0.05) is 17.1 Å². The van der Waals surface area contributed by atoms with Crippen LogP contribution < -0.4 is 20.6 Å². The van der Waals surface area contributed by atoms with Crippen LogP contribution in [0.25, 0.3) is 0 Å². The quantitative estimate of drug-likeness (QED) is 0.400. The van der Waals surface area contributed by atoms with Crippen molar-refractivity contribution in [3.05, 3.63) is 64.7 Å². The van der Waals surface area contributed by atoms with Crippen molar-refractivity contribution < 1.29 is 24.2 Å². The van der Waals surface area contributed by atoms with Crippen molar-refractivity contribution in [1.82, 2.24) is 10.7 Å². The number of carboxylic acid groups (broad SMARTS) is 1. The molecule has 0 saturated carbocycles. The molecule has 0 fully saturated rings. The zero-order valence-corrected chi connectivity index (χ0v) is 14.7.